The van der Waals surface area contributed by atoms with Gasteiger partial charge in [-0.1, -0.05) is 47.5 Å². The molecule has 5 rings (SSSR count). The number of anilines is 2. The normalized spacial score (nSPS) is 15.3. The lowest BCUT2D eigenvalue weighted by Crippen LogP contribution is -2.45. The number of aliphatic carboxylic acids is 1. The average molecular weight is 509 g/mol. The summed E-state index contributed by atoms with van der Waals surface area (Å²) in [5.74, 6) is -0.633. The maximum atomic E-state index is 13.7. The number of para-hydroxylation sites is 3. The molecule has 1 amide bonds. The smallest absolute Gasteiger partial charge is 0.328 e. The first-order valence-electron chi connectivity index (χ1n) is 11.3. The van der Waals surface area contributed by atoms with Crippen molar-refractivity contribution in [1.82, 2.24) is 0 Å². The molecule has 0 bridgehead atoms. The highest BCUT2D eigenvalue weighted by Gasteiger charge is 2.36. The minimum absolute atomic E-state index is 0.160. The molecule has 0 unspecified atom stereocenters. The second-order valence-corrected chi connectivity index (χ2v) is 9.26. The summed E-state index contributed by atoms with van der Waals surface area (Å²) in [6.07, 6.45) is 4.71. The van der Waals surface area contributed by atoms with E-state index in [4.69, 9.17) is 33.0 Å². The molecule has 1 heterocycles. The Labute approximate surface area is 212 Å². The van der Waals surface area contributed by atoms with E-state index in [-0.39, 0.29) is 21.7 Å². The third-order valence-corrected chi connectivity index (χ3v) is 6.70. The molecule has 0 aromatic heterocycles. The molecule has 6 nitrogen and oxygen atoms in total. The van der Waals surface area contributed by atoms with Crippen LogP contribution in [-0.4, -0.2) is 36.1 Å². The number of fused-ring (bicyclic) bond motifs is 1. The van der Waals surface area contributed by atoms with E-state index < -0.39 is 5.97 Å². The molecule has 1 aliphatic carbocycles. The Balaban J connectivity index is 1.44. The van der Waals surface area contributed by atoms with Gasteiger partial charge in [-0.05, 0) is 54.8 Å². The van der Waals surface area contributed by atoms with Gasteiger partial charge in [0.25, 0.3) is 5.91 Å². The lowest BCUT2D eigenvalue weighted by molar-refractivity contribution is -0.131. The zero-order valence-electron chi connectivity index (χ0n) is 18.7. The van der Waals surface area contributed by atoms with Gasteiger partial charge in [0.15, 0.2) is 0 Å². The molecule has 1 fully saturated rings. The molecule has 0 atom stereocenters. The minimum atomic E-state index is -1.09. The number of carboxylic acids is 1. The van der Waals surface area contributed by atoms with Crippen molar-refractivity contribution in [3.63, 3.8) is 0 Å². The Kier molecular flexibility index (Phi) is 6.41. The van der Waals surface area contributed by atoms with Crippen molar-refractivity contribution in [2.75, 3.05) is 22.9 Å². The van der Waals surface area contributed by atoms with Crippen molar-refractivity contribution in [3.05, 3.63) is 87.9 Å². The third-order valence-electron chi connectivity index (χ3n) is 6.07. The highest BCUT2D eigenvalue weighted by molar-refractivity contribution is 6.35. The second-order valence-electron chi connectivity index (χ2n) is 8.44. The number of carbonyl (C=O) groups excluding carboxylic acids is 1. The van der Waals surface area contributed by atoms with E-state index in [9.17, 15) is 9.59 Å². The van der Waals surface area contributed by atoms with Gasteiger partial charge < -0.3 is 19.6 Å². The quantitative estimate of drug-likeness (QED) is 0.384. The number of benzene rings is 3. The van der Waals surface area contributed by atoms with E-state index in [1.54, 1.807) is 29.2 Å². The monoisotopic (exact) mass is 508 g/mol. The Hall–Kier alpha value is -3.48. The van der Waals surface area contributed by atoms with Crippen LogP contribution < -0.4 is 14.5 Å². The predicted octanol–water partition coefficient (Wildman–Crippen LogP) is 6.51. The van der Waals surface area contributed by atoms with Gasteiger partial charge in [0.1, 0.15) is 11.5 Å². The largest absolute Gasteiger partial charge is 0.478 e. The van der Waals surface area contributed by atoms with Crippen LogP contribution in [-0.2, 0) is 4.79 Å². The van der Waals surface area contributed by atoms with Crippen molar-refractivity contribution in [3.8, 4) is 11.5 Å². The Morgan fingerprint density at radius 1 is 0.914 bits per heavy atom. The highest BCUT2D eigenvalue weighted by atomic mass is 35.5. The number of carbonyl (C=O) groups is 2. The first-order chi connectivity index (χ1) is 16.9. The fourth-order valence-corrected chi connectivity index (χ4v) is 4.69. The second kappa shape index (κ2) is 9.64. The number of hydrogen-bond donors (Lipinski definition) is 1. The van der Waals surface area contributed by atoms with E-state index in [2.05, 4.69) is 11.0 Å². The standard InChI is InChI=1S/C27H22Cl2N2O4/c28-20-16-25(21(29)15-17(20)9-12-26(32)33)35-24-8-4-1-5-19(24)27(34)31-14-13-30(18-10-11-18)22-6-2-3-7-23(22)31/h1-9,12,15-16,18H,10-11,13-14H2,(H,32,33)/b12-9+. The minimum Gasteiger partial charge on any atom is -0.478 e. The van der Waals surface area contributed by atoms with E-state index in [1.807, 2.05) is 18.2 Å². The average Bonchev–Trinajstić information content (AvgIpc) is 3.70. The number of amides is 1. The summed E-state index contributed by atoms with van der Waals surface area (Å²) >= 11 is 12.7. The highest BCUT2D eigenvalue weighted by Crippen LogP contribution is 2.41. The van der Waals surface area contributed by atoms with Crippen LogP contribution in [0.2, 0.25) is 10.0 Å². The molecule has 3 aromatic rings. The summed E-state index contributed by atoms with van der Waals surface area (Å²) in [5.41, 5.74) is 2.82. The maximum Gasteiger partial charge on any atom is 0.328 e. The summed E-state index contributed by atoms with van der Waals surface area (Å²) in [7, 11) is 0. The number of rotatable bonds is 6. The van der Waals surface area contributed by atoms with Crippen molar-refractivity contribution in [2.45, 2.75) is 18.9 Å². The van der Waals surface area contributed by atoms with Crippen LogP contribution in [0.25, 0.3) is 6.08 Å². The Morgan fingerprint density at radius 3 is 2.37 bits per heavy atom. The molecule has 1 aliphatic heterocycles. The van der Waals surface area contributed by atoms with Gasteiger partial charge in [-0.15, -0.1) is 0 Å². The molecule has 0 spiro atoms. The molecule has 3 aromatic carbocycles. The van der Waals surface area contributed by atoms with Crippen molar-refractivity contribution in [2.24, 2.45) is 0 Å². The predicted molar refractivity (Wildman–Crippen MR) is 138 cm³/mol. The molecule has 8 heteroatoms. The van der Waals surface area contributed by atoms with Crippen LogP contribution in [0.4, 0.5) is 11.4 Å². The van der Waals surface area contributed by atoms with Gasteiger partial charge in [0, 0.05) is 31.3 Å². The third kappa shape index (κ3) is 4.85. The zero-order chi connectivity index (χ0) is 24.5. The van der Waals surface area contributed by atoms with Crippen LogP contribution in [0, 0.1) is 0 Å². The molecular weight excluding hydrogens is 487 g/mol. The molecule has 1 saturated carbocycles. The van der Waals surface area contributed by atoms with Crippen LogP contribution in [0.3, 0.4) is 0 Å². The Morgan fingerprint density at radius 2 is 1.63 bits per heavy atom. The number of ether oxygens (including phenoxy) is 1. The summed E-state index contributed by atoms with van der Waals surface area (Å²) < 4.78 is 6.06. The lowest BCUT2D eigenvalue weighted by Gasteiger charge is -2.38. The first-order valence-corrected chi connectivity index (χ1v) is 12.0. The van der Waals surface area contributed by atoms with E-state index in [0.717, 1.165) is 24.0 Å². The molecular formula is C27H22Cl2N2O4. The van der Waals surface area contributed by atoms with Gasteiger partial charge in [0.05, 0.1) is 27.0 Å². The Bertz CT molecular complexity index is 1340. The number of halogens is 2. The molecule has 0 radical (unpaired) electrons. The fraction of sp³-hybridized carbons (Fsp3) is 0.185. The molecule has 178 valence electrons. The fourth-order valence-electron chi connectivity index (χ4n) is 4.27. The van der Waals surface area contributed by atoms with E-state index in [1.165, 1.54) is 31.1 Å². The van der Waals surface area contributed by atoms with Crippen LogP contribution in [0.15, 0.2) is 66.7 Å². The van der Waals surface area contributed by atoms with Crippen LogP contribution in [0.1, 0.15) is 28.8 Å². The summed E-state index contributed by atoms with van der Waals surface area (Å²) in [6.45, 7) is 1.36. The van der Waals surface area contributed by atoms with Gasteiger partial charge in [-0.3, -0.25) is 4.79 Å². The summed E-state index contributed by atoms with van der Waals surface area (Å²) in [5, 5.41) is 9.37. The van der Waals surface area contributed by atoms with Crippen LogP contribution in [0.5, 0.6) is 11.5 Å². The van der Waals surface area contributed by atoms with Gasteiger partial charge in [0.2, 0.25) is 0 Å². The molecule has 35 heavy (non-hydrogen) atoms. The first kappa shape index (κ1) is 23.3. The number of carboxylic acid groups (broad SMARTS) is 1. The summed E-state index contributed by atoms with van der Waals surface area (Å²) in [6, 6.07) is 18.6. The molecule has 0 saturated heterocycles. The van der Waals surface area contributed by atoms with Crippen molar-refractivity contribution < 1.29 is 19.4 Å². The SMILES string of the molecule is O=C(O)/C=C/c1cc(Cl)c(Oc2ccccc2C(=O)N2CCN(C3CC3)c3ccccc32)cc1Cl. The van der Waals surface area contributed by atoms with Gasteiger partial charge in [-0.25, -0.2) is 4.79 Å². The topological polar surface area (TPSA) is 70.1 Å². The van der Waals surface area contributed by atoms with E-state index >= 15 is 0 Å². The van der Waals surface area contributed by atoms with Crippen molar-refractivity contribution in [1.29, 1.82) is 0 Å². The molecule has 2 aliphatic rings. The lowest BCUT2D eigenvalue weighted by atomic mass is 10.1. The number of nitrogens with zero attached hydrogens (tertiary/aromatic N) is 2. The zero-order valence-corrected chi connectivity index (χ0v) is 20.2. The van der Waals surface area contributed by atoms with E-state index in [0.29, 0.717) is 29.5 Å². The van der Waals surface area contributed by atoms with Gasteiger partial charge in [-0.2, -0.15) is 0 Å². The molecule has 1 N–H and O–H groups in total. The summed E-state index contributed by atoms with van der Waals surface area (Å²) in [4.78, 5) is 28.7. The van der Waals surface area contributed by atoms with Gasteiger partial charge >= 0.3 is 5.97 Å². The van der Waals surface area contributed by atoms with Crippen LogP contribution >= 0.6 is 23.2 Å². The number of hydrogen-bond acceptors (Lipinski definition) is 4. The maximum absolute atomic E-state index is 13.7. The van der Waals surface area contributed by atoms with Crippen molar-refractivity contribution >= 4 is 52.5 Å².